The summed E-state index contributed by atoms with van der Waals surface area (Å²) in [7, 11) is 1.52. The monoisotopic (exact) mass is 584 g/mol. The molecule has 1 aliphatic heterocycles. The van der Waals surface area contributed by atoms with Crippen LogP contribution in [0.25, 0.3) is 0 Å². The molecule has 13 heteroatoms. The second-order valence-corrected chi connectivity index (χ2v) is 11.8. The van der Waals surface area contributed by atoms with Crippen molar-refractivity contribution in [2.45, 2.75) is 133 Å². The van der Waals surface area contributed by atoms with Crippen molar-refractivity contribution in [1.29, 1.82) is 0 Å². The van der Waals surface area contributed by atoms with Crippen LogP contribution in [0.5, 0.6) is 0 Å². The van der Waals surface area contributed by atoms with Gasteiger partial charge in [0.05, 0.1) is 56.4 Å². The van der Waals surface area contributed by atoms with Gasteiger partial charge in [0.1, 0.15) is 36.6 Å². The van der Waals surface area contributed by atoms with E-state index in [0.717, 1.165) is 6.42 Å². The second kappa shape index (κ2) is 15.3. The molecule has 0 spiro atoms. The third-order valence-electron chi connectivity index (χ3n) is 7.62. The van der Waals surface area contributed by atoms with Gasteiger partial charge in [-0.15, -0.1) is 0 Å². The molecule has 0 aromatic heterocycles. The van der Waals surface area contributed by atoms with Crippen LogP contribution in [0.3, 0.4) is 0 Å². The van der Waals surface area contributed by atoms with Gasteiger partial charge in [-0.25, -0.2) is 0 Å². The molecule has 0 aromatic rings. The number of aliphatic hydroxyl groups excluding tert-OH is 5. The quantitative estimate of drug-likeness (QED) is 0.0997. The molecule has 0 radical (unpaired) electrons. The van der Waals surface area contributed by atoms with Gasteiger partial charge in [-0.1, -0.05) is 13.3 Å². The maximum Gasteiger partial charge on any atom is 0.187 e. The summed E-state index contributed by atoms with van der Waals surface area (Å²) in [4.78, 5) is 0. The zero-order valence-electron chi connectivity index (χ0n) is 24.8. The third-order valence-corrected chi connectivity index (χ3v) is 7.62. The summed E-state index contributed by atoms with van der Waals surface area (Å²) in [6, 6.07) is 0. The van der Waals surface area contributed by atoms with Crippen LogP contribution in [-0.2, 0) is 28.4 Å². The van der Waals surface area contributed by atoms with Crippen molar-refractivity contribution in [3.63, 3.8) is 0 Å². The second-order valence-electron chi connectivity index (χ2n) is 11.8. The lowest BCUT2D eigenvalue weighted by Crippen LogP contribution is -2.78. The Balaban J connectivity index is 2.26. The molecule has 1 saturated carbocycles. The molecule has 2 fully saturated rings. The van der Waals surface area contributed by atoms with Crippen molar-refractivity contribution in [1.82, 2.24) is 0 Å². The maximum absolute atomic E-state index is 11.5. The summed E-state index contributed by atoms with van der Waals surface area (Å²) in [6.45, 7) is 9.75. The minimum absolute atomic E-state index is 0.0458. The van der Waals surface area contributed by atoms with E-state index in [9.17, 15) is 35.7 Å². The van der Waals surface area contributed by atoms with Gasteiger partial charge in [0.2, 0.25) is 0 Å². The molecule has 1 heterocycles. The molecule has 0 bridgehead atoms. The van der Waals surface area contributed by atoms with Crippen molar-refractivity contribution in [3.8, 4) is 0 Å². The van der Waals surface area contributed by atoms with E-state index < -0.39 is 72.2 Å². The van der Waals surface area contributed by atoms with Crippen LogP contribution in [0.2, 0.25) is 0 Å². The minimum Gasteiger partial charge on any atom is -0.391 e. The molecule has 13 nitrogen and oxygen atoms in total. The first-order chi connectivity index (χ1) is 18.6. The molecule has 40 heavy (non-hydrogen) atoms. The zero-order chi connectivity index (χ0) is 30.4. The predicted octanol–water partition coefficient (Wildman–Crippen LogP) is -1.31. The summed E-state index contributed by atoms with van der Waals surface area (Å²) in [6.07, 6.45) is -11.3. The molecule has 1 aliphatic carbocycles. The summed E-state index contributed by atoms with van der Waals surface area (Å²) in [5.41, 5.74) is -3.82. The van der Waals surface area contributed by atoms with Crippen molar-refractivity contribution < 1.29 is 64.2 Å². The molecule has 13 atom stereocenters. The average Bonchev–Trinajstić information content (AvgIpc) is 2.87. The minimum atomic E-state index is -2.27. The van der Waals surface area contributed by atoms with Crippen LogP contribution < -0.4 is 0 Å². The van der Waals surface area contributed by atoms with Gasteiger partial charge in [0.15, 0.2) is 11.9 Å². The van der Waals surface area contributed by atoms with E-state index in [1.54, 1.807) is 6.92 Å². The van der Waals surface area contributed by atoms with Crippen LogP contribution in [-0.4, -0.2) is 148 Å². The van der Waals surface area contributed by atoms with Gasteiger partial charge in [0, 0.05) is 13.0 Å². The number of ether oxygens (including phenoxy) is 6. The fourth-order valence-corrected chi connectivity index (χ4v) is 5.18. The van der Waals surface area contributed by atoms with Gasteiger partial charge in [0.25, 0.3) is 0 Å². The molecule has 238 valence electrons. The lowest BCUT2D eigenvalue weighted by Gasteiger charge is -2.57. The molecule has 7 N–H and O–H groups in total. The molecule has 2 rings (SSSR count). The highest BCUT2D eigenvalue weighted by Gasteiger charge is 2.67. The maximum atomic E-state index is 11.5. The summed E-state index contributed by atoms with van der Waals surface area (Å²) >= 11 is 0. The van der Waals surface area contributed by atoms with Crippen LogP contribution in [0.1, 0.15) is 54.4 Å². The Kier molecular flexibility index (Phi) is 13.6. The van der Waals surface area contributed by atoms with Crippen LogP contribution in [0, 0.1) is 5.92 Å². The van der Waals surface area contributed by atoms with Gasteiger partial charge in [-0.2, -0.15) is 0 Å². The zero-order valence-corrected chi connectivity index (χ0v) is 24.8. The highest BCUT2D eigenvalue weighted by Crippen LogP contribution is 2.46. The SMILES string of the molecule is CCCC(C)O[C@H]1C(O)C(O)([C@@H](O)O[C@@H]2C(COCC(C)OC)O[C@@H](C(C)(C)O)C(O)C2O)C1COCC(C)O. The van der Waals surface area contributed by atoms with Gasteiger partial charge < -0.3 is 64.2 Å². The predicted molar refractivity (Wildman–Crippen MR) is 141 cm³/mol. The van der Waals surface area contributed by atoms with E-state index >= 15 is 0 Å². The van der Waals surface area contributed by atoms with Crippen molar-refractivity contribution in [2.24, 2.45) is 5.92 Å². The fourth-order valence-electron chi connectivity index (χ4n) is 5.18. The molecular weight excluding hydrogens is 532 g/mol. The summed E-state index contributed by atoms with van der Waals surface area (Å²) in [5.74, 6) is -0.955. The first-order valence-corrected chi connectivity index (χ1v) is 14.1. The van der Waals surface area contributed by atoms with E-state index in [0.29, 0.717) is 6.42 Å². The Morgan fingerprint density at radius 1 is 0.900 bits per heavy atom. The molecular formula is C27H52O13. The van der Waals surface area contributed by atoms with Crippen LogP contribution in [0.4, 0.5) is 0 Å². The molecule has 2 aliphatic rings. The normalized spacial score (nSPS) is 38.0. The highest BCUT2D eigenvalue weighted by atomic mass is 16.7. The number of aliphatic hydroxyl groups is 7. The number of methoxy groups -OCH3 is 1. The molecule has 0 aromatic carbocycles. The lowest BCUT2D eigenvalue weighted by atomic mass is 9.63. The van der Waals surface area contributed by atoms with Crippen molar-refractivity contribution >= 4 is 0 Å². The Hall–Kier alpha value is -0.520. The van der Waals surface area contributed by atoms with E-state index in [1.165, 1.54) is 27.9 Å². The topological polar surface area (TPSA) is 197 Å². The van der Waals surface area contributed by atoms with Crippen molar-refractivity contribution in [2.75, 3.05) is 33.5 Å². The largest absolute Gasteiger partial charge is 0.391 e. The summed E-state index contributed by atoms with van der Waals surface area (Å²) in [5, 5.41) is 75.4. The Morgan fingerprint density at radius 2 is 1.52 bits per heavy atom. The van der Waals surface area contributed by atoms with Crippen LogP contribution >= 0.6 is 0 Å². The Labute approximate surface area is 236 Å². The lowest BCUT2D eigenvalue weighted by molar-refractivity contribution is -0.382. The average molecular weight is 585 g/mol. The third kappa shape index (κ3) is 8.53. The highest BCUT2D eigenvalue weighted by molar-refractivity contribution is 5.14. The number of rotatable bonds is 17. The molecule has 0 amide bonds. The standard InChI is InChI=1S/C27H52O13/c1-8-9-15(3)38-21-17(12-36-10-14(2)28)27(34,23(21)31)25(32)40-22-18(13-37-11-16(4)35-7)39-24(26(5,6)33)20(30)19(22)29/h14-25,28-34H,8-13H2,1-7H3/t14?,15?,16?,17?,18?,19?,20?,21-,22-,23?,24-,25+,27?/m1/s1. The van der Waals surface area contributed by atoms with Crippen molar-refractivity contribution in [3.05, 3.63) is 0 Å². The van der Waals surface area contributed by atoms with Gasteiger partial charge in [-0.05, 0) is 41.0 Å². The summed E-state index contributed by atoms with van der Waals surface area (Å²) < 4.78 is 33.9. The number of hydrogen-bond acceptors (Lipinski definition) is 13. The van der Waals surface area contributed by atoms with Gasteiger partial charge >= 0.3 is 0 Å². The Morgan fingerprint density at radius 3 is 2.08 bits per heavy atom. The molecule has 9 unspecified atom stereocenters. The fraction of sp³-hybridized carbons (Fsp3) is 1.00. The number of hydrogen-bond donors (Lipinski definition) is 7. The van der Waals surface area contributed by atoms with E-state index in [1.807, 2.05) is 13.8 Å². The van der Waals surface area contributed by atoms with E-state index in [-0.39, 0.29) is 38.6 Å². The van der Waals surface area contributed by atoms with E-state index in [2.05, 4.69) is 0 Å². The van der Waals surface area contributed by atoms with Gasteiger partial charge in [-0.3, -0.25) is 0 Å². The first-order valence-electron chi connectivity index (χ1n) is 14.1. The Bertz CT molecular complexity index is 734. The first kappa shape index (κ1) is 35.7. The molecule has 1 saturated heterocycles. The smallest absolute Gasteiger partial charge is 0.187 e. The van der Waals surface area contributed by atoms with Crippen LogP contribution in [0.15, 0.2) is 0 Å². The van der Waals surface area contributed by atoms with E-state index in [4.69, 9.17) is 28.4 Å².